The van der Waals surface area contributed by atoms with Crippen LogP contribution in [0, 0.1) is 0 Å². The summed E-state index contributed by atoms with van der Waals surface area (Å²) in [5.41, 5.74) is 2.92. The molecule has 76 valence electrons. The standard InChI is InChI=1S/C12H17NO/c1-13-11-5-3-9-4-6-12(14-2)8-10(9)7-11/h4,6,8,11,13H,3,5,7H2,1-2H3. The minimum Gasteiger partial charge on any atom is -0.497 e. The van der Waals surface area contributed by atoms with Gasteiger partial charge in [0.05, 0.1) is 7.11 Å². The largest absolute Gasteiger partial charge is 0.497 e. The second kappa shape index (κ2) is 4.01. The van der Waals surface area contributed by atoms with Gasteiger partial charge in [-0.25, -0.2) is 0 Å². The van der Waals surface area contributed by atoms with Gasteiger partial charge >= 0.3 is 0 Å². The third-order valence-electron chi connectivity index (χ3n) is 3.05. The summed E-state index contributed by atoms with van der Waals surface area (Å²) in [6.45, 7) is 0. The van der Waals surface area contributed by atoms with Gasteiger partial charge in [0.1, 0.15) is 5.75 Å². The first kappa shape index (κ1) is 9.53. The predicted molar refractivity (Wildman–Crippen MR) is 57.9 cm³/mol. The van der Waals surface area contributed by atoms with E-state index in [-0.39, 0.29) is 0 Å². The molecule has 0 radical (unpaired) electrons. The van der Waals surface area contributed by atoms with Gasteiger partial charge in [0.25, 0.3) is 0 Å². The topological polar surface area (TPSA) is 21.3 Å². The van der Waals surface area contributed by atoms with E-state index in [2.05, 4.69) is 23.5 Å². The second-order valence-electron chi connectivity index (χ2n) is 3.86. The smallest absolute Gasteiger partial charge is 0.119 e. The summed E-state index contributed by atoms with van der Waals surface area (Å²) in [5.74, 6) is 0.973. The molecule has 1 unspecified atom stereocenters. The summed E-state index contributed by atoms with van der Waals surface area (Å²) in [6, 6.07) is 7.05. The Kier molecular flexibility index (Phi) is 2.73. The summed E-state index contributed by atoms with van der Waals surface area (Å²) in [7, 11) is 3.76. The van der Waals surface area contributed by atoms with Crippen LogP contribution in [-0.4, -0.2) is 20.2 Å². The van der Waals surface area contributed by atoms with Crippen LogP contribution in [-0.2, 0) is 12.8 Å². The van der Waals surface area contributed by atoms with Gasteiger partial charge in [-0.2, -0.15) is 0 Å². The maximum absolute atomic E-state index is 5.23. The maximum Gasteiger partial charge on any atom is 0.119 e. The molecule has 0 fully saturated rings. The number of benzene rings is 1. The number of ether oxygens (including phenoxy) is 1. The molecular weight excluding hydrogens is 174 g/mol. The van der Waals surface area contributed by atoms with Gasteiger partial charge in [-0.1, -0.05) is 6.07 Å². The predicted octanol–water partition coefficient (Wildman–Crippen LogP) is 1.77. The highest BCUT2D eigenvalue weighted by atomic mass is 16.5. The molecule has 1 aliphatic carbocycles. The summed E-state index contributed by atoms with van der Waals surface area (Å²) in [6.07, 6.45) is 3.56. The Labute approximate surface area is 85.3 Å². The number of hydrogen-bond donors (Lipinski definition) is 1. The fraction of sp³-hybridized carbons (Fsp3) is 0.500. The second-order valence-corrected chi connectivity index (χ2v) is 3.86. The maximum atomic E-state index is 5.23. The fourth-order valence-corrected chi connectivity index (χ4v) is 2.11. The van der Waals surface area contributed by atoms with Gasteiger partial charge in [-0.3, -0.25) is 0 Å². The summed E-state index contributed by atoms with van der Waals surface area (Å²) in [5, 5.41) is 3.34. The molecule has 0 saturated heterocycles. The zero-order valence-corrected chi connectivity index (χ0v) is 8.84. The van der Waals surface area contributed by atoms with Crippen LogP contribution in [0.1, 0.15) is 17.5 Å². The molecule has 0 amide bonds. The number of fused-ring (bicyclic) bond motifs is 1. The third-order valence-corrected chi connectivity index (χ3v) is 3.05. The minimum absolute atomic E-state index is 0.634. The van der Waals surface area contributed by atoms with E-state index in [4.69, 9.17) is 4.74 Å². The van der Waals surface area contributed by atoms with Crippen LogP contribution in [0.25, 0.3) is 0 Å². The van der Waals surface area contributed by atoms with Crippen molar-refractivity contribution in [3.8, 4) is 5.75 Å². The first-order valence-electron chi connectivity index (χ1n) is 5.16. The van der Waals surface area contributed by atoms with E-state index in [1.165, 1.54) is 24.0 Å². The van der Waals surface area contributed by atoms with Crippen molar-refractivity contribution in [3.63, 3.8) is 0 Å². The number of methoxy groups -OCH3 is 1. The van der Waals surface area contributed by atoms with Crippen molar-refractivity contribution >= 4 is 0 Å². The molecule has 2 nitrogen and oxygen atoms in total. The first-order chi connectivity index (χ1) is 6.83. The molecule has 14 heavy (non-hydrogen) atoms. The Morgan fingerprint density at radius 2 is 2.21 bits per heavy atom. The van der Waals surface area contributed by atoms with Gasteiger partial charge in [0, 0.05) is 6.04 Å². The van der Waals surface area contributed by atoms with E-state index in [0.29, 0.717) is 6.04 Å². The third kappa shape index (κ3) is 1.75. The van der Waals surface area contributed by atoms with E-state index in [0.717, 1.165) is 12.2 Å². The lowest BCUT2D eigenvalue weighted by Gasteiger charge is -2.24. The normalized spacial score (nSPS) is 20.3. The van der Waals surface area contributed by atoms with Crippen LogP contribution in [0.5, 0.6) is 5.75 Å². The Morgan fingerprint density at radius 1 is 1.36 bits per heavy atom. The van der Waals surface area contributed by atoms with Crippen molar-refractivity contribution in [1.82, 2.24) is 5.32 Å². The van der Waals surface area contributed by atoms with E-state index >= 15 is 0 Å². The lowest BCUT2D eigenvalue weighted by atomic mass is 9.88. The van der Waals surface area contributed by atoms with Crippen LogP contribution in [0.15, 0.2) is 18.2 Å². The Bertz CT molecular complexity index is 322. The molecule has 0 aliphatic heterocycles. The van der Waals surface area contributed by atoms with Gasteiger partial charge in [-0.05, 0) is 49.6 Å². The van der Waals surface area contributed by atoms with E-state index in [1.54, 1.807) is 7.11 Å². The summed E-state index contributed by atoms with van der Waals surface area (Å²) in [4.78, 5) is 0. The van der Waals surface area contributed by atoms with Crippen molar-refractivity contribution < 1.29 is 4.74 Å². The molecule has 1 N–H and O–H groups in total. The van der Waals surface area contributed by atoms with Crippen molar-refractivity contribution in [2.75, 3.05) is 14.2 Å². The highest BCUT2D eigenvalue weighted by Gasteiger charge is 2.17. The summed E-state index contributed by atoms with van der Waals surface area (Å²) < 4.78 is 5.23. The van der Waals surface area contributed by atoms with Crippen molar-refractivity contribution in [2.45, 2.75) is 25.3 Å². The number of aryl methyl sites for hydroxylation is 1. The monoisotopic (exact) mass is 191 g/mol. The average Bonchev–Trinajstić information content (AvgIpc) is 2.27. The Hall–Kier alpha value is -1.02. The molecule has 1 aromatic rings. The van der Waals surface area contributed by atoms with Crippen molar-refractivity contribution in [1.29, 1.82) is 0 Å². The molecule has 1 aliphatic rings. The lowest BCUT2D eigenvalue weighted by molar-refractivity contribution is 0.412. The number of hydrogen-bond acceptors (Lipinski definition) is 2. The molecular formula is C12H17NO. The van der Waals surface area contributed by atoms with Crippen molar-refractivity contribution in [3.05, 3.63) is 29.3 Å². The van der Waals surface area contributed by atoms with Crippen molar-refractivity contribution in [2.24, 2.45) is 0 Å². The molecule has 2 rings (SSSR count). The number of nitrogens with one attached hydrogen (secondary N) is 1. The highest BCUT2D eigenvalue weighted by molar-refractivity contribution is 5.37. The van der Waals surface area contributed by atoms with E-state index in [1.807, 2.05) is 7.05 Å². The molecule has 0 aromatic heterocycles. The lowest BCUT2D eigenvalue weighted by Crippen LogP contribution is -2.31. The average molecular weight is 191 g/mol. The Balaban J connectivity index is 2.25. The SMILES string of the molecule is CNC1CCc2ccc(OC)cc2C1. The number of rotatable bonds is 2. The number of likely N-dealkylation sites (N-methyl/N-ethyl adjacent to an activating group) is 1. The van der Waals surface area contributed by atoms with Crippen LogP contribution in [0.4, 0.5) is 0 Å². The quantitative estimate of drug-likeness (QED) is 0.769. The van der Waals surface area contributed by atoms with Crippen LogP contribution < -0.4 is 10.1 Å². The Morgan fingerprint density at radius 3 is 2.93 bits per heavy atom. The molecule has 1 aromatic carbocycles. The van der Waals surface area contributed by atoms with Gasteiger partial charge in [-0.15, -0.1) is 0 Å². The van der Waals surface area contributed by atoms with Gasteiger partial charge in [0.2, 0.25) is 0 Å². The fourth-order valence-electron chi connectivity index (χ4n) is 2.11. The molecule has 0 saturated carbocycles. The van der Waals surface area contributed by atoms with Crippen LogP contribution in [0.2, 0.25) is 0 Å². The van der Waals surface area contributed by atoms with Crippen LogP contribution >= 0.6 is 0 Å². The highest BCUT2D eigenvalue weighted by Crippen LogP contribution is 2.25. The zero-order valence-electron chi connectivity index (χ0n) is 8.84. The van der Waals surface area contributed by atoms with E-state index in [9.17, 15) is 0 Å². The molecule has 1 atom stereocenters. The van der Waals surface area contributed by atoms with Crippen LogP contribution in [0.3, 0.4) is 0 Å². The minimum atomic E-state index is 0.634. The molecule has 0 heterocycles. The zero-order chi connectivity index (χ0) is 9.97. The van der Waals surface area contributed by atoms with E-state index < -0.39 is 0 Å². The van der Waals surface area contributed by atoms with Gasteiger partial charge < -0.3 is 10.1 Å². The first-order valence-corrected chi connectivity index (χ1v) is 5.16. The molecule has 0 bridgehead atoms. The molecule has 0 spiro atoms. The molecule has 2 heteroatoms. The summed E-state index contributed by atoms with van der Waals surface area (Å²) >= 11 is 0. The van der Waals surface area contributed by atoms with Gasteiger partial charge in [0.15, 0.2) is 0 Å².